The van der Waals surface area contributed by atoms with Crippen LogP contribution in [-0.2, 0) is 22.4 Å². The topological polar surface area (TPSA) is 81.4 Å². The first-order valence-corrected chi connectivity index (χ1v) is 7.92. The van der Waals surface area contributed by atoms with Crippen molar-refractivity contribution in [2.24, 2.45) is 11.7 Å². The van der Waals surface area contributed by atoms with Gasteiger partial charge in [-0.05, 0) is 30.2 Å². The molecule has 0 aliphatic carbocycles. The lowest BCUT2D eigenvalue weighted by Crippen LogP contribution is -2.37. The molecule has 0 aliphatic heterocycles. The summed E-state index contributed by atoms with van der Waals surface area (Å²) in [7, 11) is 1.54. The Morgan fingerprint density at radius 2 is 1.84 bits per heavy atom. The molecule has 1 atom stereocenters. The standard InChI is InChI=1S/C19H21FN2O3/c1-25-17-5-3-2-4-14(17)11-18(23)22-12-15(19(21)24)10-13-6-8-16(20)9-7-13/h2-9,15H,10-12H2,1H3,(H2,21,24)(H,22,23). The highest BCUT2D eigenvalue weighted by atomic mass is 19.1. The number of methoxy groups -OCH3 is 1. The Labute approximate surface area is 146 Å². The smallest absolute Gasteiger partial charge is 0.224 e. The van der Waals surface area contributed by atoms with Gasteiger partial charge in [0, 0.05) is 12.1 Å². The zero-order chi connectivity index (χ0) is 18.2. The summed E-state index contributed by atoms with van der Waals surface area (Å²) >= 11 is 0. The van der Waals surface area contributed by atoms with E-state index in [1.807, 2.05) is 18.2 Å². The number of carbonyl (C=O) groups excluding carboxylic acids is 2. The Morgan fingerprint density at radius 3 is 2.48 bits per heavy atom. The van der Waals surface area contributed by atoms with Gasteiger partial charge in [0.2, 0.25) is 11.8 Å². The number of ether oxygens (including phenoxy) is 1. The van der Waals surface area contributed by atoms with Gasteiger partial charge in [-0.2, -0.15) is 0 Å². The van der Waals surface area contributed by atoms with Crippen LogP contribution in [0.5, 0.6) is 5.75 Å². The van der Waals surface area contributed by atoms with E-state index < -0.39 is 11.8 Å². The number of nitrogens with two attached hydrogens (primary N) is 1. The molecule has 3 N–H and O–H groups in total. The van der Waals surface area contributed by atoms with Crippen LogP contribution >= 0.6 is 0 Å². The van der Waals surface area contributed by atoms with E-state index in [4.69, 9.17) is 10.5 Å². The van der Waals surface area contributed by atoms with Crippen LogP contribution in [0.4, 0.5) is 4.39 Å². The molecule has 0 saturated carbocycles. The maximum atomic E-state index is 12.9. The van der Waals surface area contributed by atoms with Crippen LogP contribution < -0.4 is 15.8 Å². The second-order valence-corrected chi connectivity index (χ2v) is 5.72. The van der Waals surface area contributed by atoms with Crippen LogP contribution in [0.15, 0.2) is 48.5 Å². The molecule has 0 aromatic heterocycles. The SMILES string of the molecule is COc1ccccc1CC(=O)NCC(Cc1ccc(F)cc1)C(N)=O. The molecule has 0 heterocycles. The van der Waals surface area contributed by atoms with Crippen molar-refractivity contribution in [1.82, 2.24) is 5.32 Å². The van der Waals surface area contributed by atoms with Crippen molar-refractivity contribution >= 4 is 11.8 Å². The second-order valence-electron chi connectivity index (χ2n) is 5.72. The third kappa shape index (κ3) is 5.60. The van der Waals surface area contributed by atoms with Crippen molar-refractivity contribution in [2.75, 3.05) is 13.7 Å². The number of rotatable bonds is 8. The fraction of sp³-hybridized carbons (Fsp3) is 0.263. The fourth-order valence-corrected chi connectivity index (χ4v) is 2.50. The maximum absolute atomic E-state index is 12.9. The molecule has 2 aromatic carbocycles. The molecule has 2 aromatic rings. The van der Waals surface area contributed by atoms with Gasteiger partial charge in [0.15, 0.2) is 0 Å². The van der Waals surface area contributed by atoms with Crippen molar-refractivity contribution in [1.29, 1.82) is 0 Å². The second kappa shape index (κ2) is 8.82. The lowest BCUT2D eigenvalue weighted by atomic mass is 9.98. The normalized spacial score (nSPS) is 11.6. The highest BCUT2D eigenvalue weighted by molar-refractivity contribution is 5.81. The maximum Gasteiger partial charge on any atom is 0.224 e. The highest BCUT2D eigenvalue weighted by Gasteiger charge is 2.18. The van der Waals surface area contributed by atoms with Gasteiger partial charge in [-0.3, -0.25) is 9.59 Å². The summed E-state index contributed by atoms with van der Waals surface area (Å²) < 4.78 is 18.2. The Morgan fingerprint density at radius 1 is 1.16 bits per heavy atom. The monoisotopic (exact) mass is 344 g/mol. The minimum atomic E-state index is -0.563. The molecule has 5 nitrogen and oxygen atoms in total. The van der Waals surface area contributed by atoms with Crippen molar-refractivity contribution in [2.45, 2.75) is 12.8 Å². The summed E-state index contributed by atoms with van der Waals surface area (Å²) in [4.78, 5) is 23.8. The molecule has 0 radical (unpaired) electrons. The van der Waals surface area contributed by atoms with Crippen LogP contribution in [0, 0.1) is 11.7 Å². The van der Waals surface area contributed by atoms with Crippen LogP contribution in [0.25, 0.3) is 0 Å². The molecule has 0 aliphatic rings. The summed E-state index contributed by atoms with van der Waals surface area (Å²) in [6, 6.07) is 13.1. The molecular formula is C19H21FN2O3. The lowest BCUT2D eigenvalue weighted by Gasteiger charge is -2.15. The Kier molecular flexibility index (Phi) is 6.51. The average molecular weight is 344 g/mol. The number of carbonyl (C=O) groups is 2. The predicted octanol–water partition coefficient (Wildman–Crippen LogP) is 1.84. The summed E-state index contributed by atoms with van der Waals surface area (Å²) in [6.45, 7) is 0.126. The largest absolute Gasteiger partial charge is 0.496 e. The van der Waals surface area contributed by atoms with Gasteiger partial charge in [-0.1, -0.05) is 30.3 Å². The van der Waals surface area contributed by atoms with E-state index in [0.29, 0.717) is 12.2 Å². The number of hydrogen-bond donors (Lipinski definition) is 2. The number of benzene rings is 2. The molecular weight excluding hydrogens is 323 g/mol. The quantitative estimate of drug-likeness (QED) is 0.767. The minimum absolute atomic E-state index is 0.126. The molecule has 6 heteroatoms. The van der Waals surface area contributed by atoms with Gasteiger partial charge < -0.3 is 15.8 Å². The third-order valence-corrected chi connectivity index (χ3v) is 3.89. The number of nitrogens with one attached hydrogen (secondary N) is 1. The first kappa shape index (κ1) is 18.4. The number of para-hydroxylation sites is 1. The van der Waals surface area contributed by atoms with Crippen LogP contribution in [0.1, 0.15) is 11.1 Å². The van der Waals surface area contributed by atoms with Gasteiger partial charge in [-0.25, -0.2) is 4.39 Å². The third-order valence-electron chi connectivity index (χ3n) is 3.89. The van der Waals surface area contributed by atoms with Crippen LogP contribution in [-0.4, -0.2) is 25.5 Å². The molecule has 25 heavy (non-hydrogen) atoms. The number of halogens is 1. The zero-order valence-corrected chi connectivity index (χ0v) is 14.0. The van der Waals surface area contributed by atoms with E-state index in [0.717, 1.165) is 11.1 Å². The zero-order valence-electron chi connectivity index (χ0n) is 14.0. The molecule has 0 bridgehead atoms. The number of amides is 2. The Bertz CT molecular complexity index is 732. The van der Waals surface area contributed by atoms with E-state index in [9.17, 15) is 14.0 Å². The van der Waals surface area contributed by atoms with Crippen molar-refractivity contribution in [3.8, 4) is 5.75 Å². The summed E-state index contributed by atoms with van der Waals surface area (Å²) in [6.07, 6.45) is 0.483. The average Bonchev–Trinajstić information content (AvgIpc) is 2.60. The molecule has 132 valence electrons. The van der Waals surface area contributed by atoms with E-state index in [1.54, 1.807) is 25.3 Å². The summed E-state index contributed by atoms with van der Waals surface area (Å²) in [5.74, 6) is -1.01. The van der Waals surface area contributed by atoms with E-state index >= 15 is 0 Å². The van der Waals surface area contributed by atoms with Gasteiger partial charge >= 0.3 is 0 Å². The Hall–Kier alpha value is -2.89. The summed E-state index contributed by atoms with van der Waals surface area (Å²) in [5.41, 5.74) is 6.96. The number of hydrogen-bond acceptors (Lipinski definition) is 3. The van der Waals surface area contributed by atoms with E-state index in [1.165, 1.54) is 12.1 Å². The van der Waals surface area contributed by atoms with Crippen LogP contribution in [0.3, 0.4) is 0 Å². The molecule has 2 amide bonds. The first-order chi connectivity index (χ1) is 12.0. The minimum Gasteiger partial charge on any atom is -0.496 e. The van der Waals surface area contributed by atoms with Crippen LogP contribution in [0.2, 0.25) is 0 Å². The lowest BCUT2D eigenvalue weighted by molar-refractivity contribution is -0.123. The molecule has 1 unspecified atom stereocenters. The van der Waals surface area contributed by atoms with Gasteiger partial charge in [0.1, 0.15) is 11.6 Å². The first-order valence-electron chi connectivity index (χ1n) is 7.92. The van der Waals surface area contributed by atoms with Crippen molar-refractivity contribution in [3.05, 3.63) is 65.5 Å². The van der Waals surface area contributed by atoms with Gasteiger partial charge in [-0.15, -0.1) is 0 Å². The fourth-order valence-electron chi connectivity index (χ4n) is 2.50. The van der Waals surface area contributed by atoms with E-state index in [2.05, 4.69) is 5.32 Å². The molecule has 2 rings (SSSR count). The molecule has 0 fully saturated rings. The van der Waals surface area contributed by atoms with Gasteiger partial charge in [0.25, 0.3) is 0 Å². The van der Waals surface area contributed by atoms with Crippen molar-refractivity contribution in [3.63, 3.8) is 0 Å². The highest BCUT2D eigenvalue weighted by Crippen LogP contribution is 2.17. The number of primary amides is 1. The predicted molar refractivity (Wildman–Crippen MR) is 92.5 cm³/mol. The van der Waals surface area contributed by atoms with Gasteiger partial charge in [0.05, 0.1) is 19.4 Å². The van der Waals surface area contributed by atoms with E-state index in [-0.39, 0.29) is 24.7 Å². The summed E-state index contributed by atoms with van der Waals surface area (Å²) in [5, 5.41) is 2.73. The van der Waals surface area contributed by atoms with Crippen molar-refractivity contribution < 1.29 is 18.7 Å². The Balaban J connectivity index is 1.93. The molecule has 0 saturated heterocycles. The molecule has 0 spiro atoms.